The largest absolute Gasteiger partial charge is 0.478 e. The number of pyridine rings is 1. The van der Waals surface area contributed by atoms with Crippen LogP contribution in [0.2, 0.25) is 0 Å². The van der Waals surface area contributed by atoms with Gasteiger partial charge in [0.1, 0.15) is 11.6 Å². The maximum Gasteiger partial charge on any atom is 0.336 e. The molecule has 2 aromatic heterocycles. The topological polar surface area (TPSA) is 55.1 Å². The molecule has 0 spiro atoms. The zero-order valence-corrected chi connectivity index (χ0v) is 9.75. The van der Waals surface area contributed by atoms with Crippen LogP contribution in [0, 0.1) is 5.82 Å². The Morgan fingerprint density at radius 3 is 2.74 bits per heavy atom. The fourth-order valence-corrected chi connectivity index (χ4v) is 2.06. The maximum atomic E-state index is 12.9. The summed E-state index contributed by atoms with van der Waals surface area (Å²) in [5.74, 6) is -0.846. The Kier molecular flexibility index (Phi) is 2.52. The molecule has 0 fully saturated rings. The molecule has 0 saturated carbocycles. The van der Waals surface area contributed by atoms with Crippen LogP contribution in [0.3, 0.4) is 0 Å². The first kappa shape index (κ1) is 11.4. The number of halogens is 1. The Balaban J connectivity index is 2.24. The standard InChI is InChI=1S/C14H9FN2O2/c15-9-4-5-13(16-8-9)17-7-6-10-11(14(18)19)2-1-3-12(10)17/h1-8H,(H,18,19). The van der Waals surface area contributed by atoms with Crippen LogP contribution in [0.5, 0.6) is 0 Å². The number of carboxylic acid groups (broad SMARTS) is 1. The smallest absolute Gasteiger partial charge is 0.336 e. The van der Waals surface area contributed by atoms with Crippen LogP contribution in [0.1, 0.15) is 10.4 Å². The molecule has 0 atom stereocenters. The average Bonchev–Trinajstić information content (AvgIpc) is 2.83. The molecule has 19 heavy (non-hydrogen) atoms. The van der Waals surface area contributed by atoms with Crippen LogP contribution in [-0.2, 0) is 0 Å². The maximum absolute atomic E-state index is 12.9. The number of carboxylic acids is 1. The summed E-state index contributed by atoms with van der Waals surface area (Å²) in [6, 6.07) is 9.59. The second-order valence-corrected chi connectivity index (χ2v) is 4.06. The quantitative estimate of drug-likeness (QED) is 0.767. The fourth-order valence-electron chi connectivity index (χ4n) is 2.06. The van der Waals surface area contributed by atoms with E-state index in [9.17, 15) is 9.18 Å². The Morgan fingerprint density at radius 1 is 1.21 bits per heavy atom. The van der Waals surface area contributed by atoms with Crippen molar-refractivity contribution in [3.8, 4) is 5.82 Å². The molecule has 4 nitrogen and oxygen atoms in total. The van der Waals surface area contributed by atoms with Gasteiger partial charge in [-0.3, -0.25) is 0 Å². The molecule has 0 unspecified atom stereocenters. The molecule has 3 aromatic rings. The Bertz CT molecular complexity index is 763. The van der Waals surface area contributed by atoms with Gasteiger partial charge in [0.2, 0.25) is 0 Å². The van der Waals surface area contributed by atoms with E-state index < -0.39 is 11.8 Å². The first-order valence-electron chi connectivity index (χ1n) is 5.62. The van der Waals surface area contributed by atoms with Gasteiger partial charge in [0.25, 0.3) is 0 Å². The Labute approximate surface area is 107 Å². The third-order valence-electron chi connectivity index (χ3n) is 2.92. The van der Waals surface area contributed by atoms with Gasteiger partial charge in [0, 0.05) is 11.6 Å². The van der Waals surface area contributed by atoms with Crippen molar-refractivity contribution in [2.24, 2.45) is 0 Å². The van der Waals surface area contributed by atoms with Crippen molar-refractivity contribution in [1.29, 1.82) is 0 Å². The van der Waals surface area contributed by atoms with Crippen LogP contribution >= 0.6 is 0 Å². The molecule has 0 aliphatic carbocycles. The highest BCUT2D eigenvalue weighted by molar-refractivity contribution is 6.03. The average molecular weight is 256 g/mol. The van der Waals surface area contributed by atoms with Crippen molar-refractivity contribution in [3.05, 3.63) is 60.2 Å². The van der Waals surface area contributed by atoms with Gasteiger partial charge < -0.3 is 9.67 Å². The van der Waals surface area contributed by atoms with Crippen molar-refractivity contribution in [1.82, 2.24) is 9.55 Å². The predicted molar refractivity (Wildman–Crippen MR) is 68.0 cm³/mol. The first-order valence-corrected chi connectivity index (χ1v) is 5.62. The van der Waals surface area contributed by atoms with Gasteiger partial charge in [-0.2, -0.15) is 0 Å². The second kappa shape index (κ2) is 4.20. The number of benzene rings is 1. The van der Waals surface area contributed by atoms with Gasteiger partial charge in [0.05, 0.1) is 17.3 Å². The van der Waals surface area contributed by atoms with E-state index in [4.69, 9.17) is 5.11 Å². The van der Waals surface area contributed by atoms with E-state index in [0.717, 1.165) is 11.7 Å². The van der Waals surface area contributed by atoms with E-state index >= 15 is 0 Å². The molecule has 5 heteroatoms. The molecule has 0 bridgehead atoms. The molecule has 0 radical (unpaired) electrons. The first-order chi connectivity index (χ1) is 9.16. The number of nitrogens with zero attached hydrogens (tertiary/aromatic N) is 2. The van der Waals surface area contributed by atoms with Gasteiger partial charge in [-0.1, -0.05) is 6.07 Å². The highest BCUT2D eigenvalue weighted by Gasteiger charge is 2.11. The summed E-state index contributed by atoms with van der Waals surface area (Å²) in [6.45, 7) is 0. The summed E-state index contributed by atoms with van der Waals surface area (Å²) in [4.78, 5) is 15.1. The SMILES string of the molecule is O=C(O)c1cccc2c1ccn2-c1ccc(F)cn1. The lowest BCUT2D eigenvalue weighted by Crippen LogP contribution is -1.98. The molecular weight excluding hydrogens is 247 g/mol. The molecule has 2 heterocycles. The summed E-state index contributed by atoms with van der Waals surface area (Å²) >= 11 is 0. The van der Waals surface area contributed by atoms with Crippen LogP contribution in [0.4, 0.5) is 4.39 Å². The summed E-state index contributed by atoms with van der Waals surface area (Å²) in [7, 11) is 0. The molecule has 94 valence electrons. The third kappa shape index (κ3) is 1.85. The van der Waals surface area contributed by atoms with E-state index in [1.807, 2.05) is 0 Å². The number of carbonyl (C=O) groups is 1. The number of hydrogen-bond donors (Lipinski definition) is 1. The summed E-state index contributed by atoms with van der Waals surface area (Å²) < 4.78 is 14.6. The minimum atomic E-state index is -0.976. The molecule has 0 aliphatic heterocycles. The zero-order valence-electron chi connectivity index (χ0n) is 9.75. The lowest BCUT2D eigenvalue weighted by molar-refractivity contribution is 0.0699. The number of aromatic carboxylic acids is 1. The van der Waals surface area contributed by atoms with E-state index in [-0.39, 0.29) is 5.56 Å². The van der Waals surface area contributed by atoms with Crippen molar-refractivity contribution in [2.75, 3.05) is 0 Å². The number of hydrogen-bond acceptors (Lipinski definition) is 2. The predicted octanol–water partition coefficient (Wildman–Crippen LogP) is 2.86. The monoisotopic (exact) mass is 256 g/mol. The Hall–Kier alpha value is -2.69. The van der Waals surface area contributed by atoms with E-state index in [0.29, 0.717) is 11.2 Å². The molecule has 1 aromatic carbocycles. The lowest BCUT2D eigenvalue weighted by Gasteiger charge is -2.04. The summed E-state index contributed by atoms with van der Waals surface area (Å²) in [5, 5.41) is 9.75. The molecule has 0 aliphatic rings. The van der Waals surface area contributed by atoms with Gasteiger partial charge >= 0.3 is 5.97 Å². The van der Waals surface area contributed by atoms with E-state index in [1.165, 1.54) is 6.07 Å². The van der Waals surface area contributed by atoms with Crippen LogP contribution < -0.4 is 0 Å². The van der Waals surface area contributed by atoms with E-state index in [2.05, 4.69) is 4.98 Å². The Morgan fingerprint density at radius 2 is 2.05 bits per heavy atom. The summed E-state index contributed by atoms with van der Waals surface area (Å²) in [6.07, 6.45) is 2.85. The molecule has 0 amide bonds. The third-order valence-corrected chi connectivity index (χ3v) is 2.92. The molecule has 0 saturated heterocycles. The van der Waals surface area contributed by atoms with Crippen molar-refractivity contribution in [2.45, 2.75) is 0 Å². The van der Waals surface area contributed by atoms with Gasteiger partial charge in [0.15, 0.2) is 0 Å². The van der Waals surface area contributed by atoms with Crippen molar-refractivity contribution in [3.63, 3.8) is 0 Å². The summed E-state index contributed by atoms with van der Waals surface area (Å²) in [5.41, 5.74) is 0.956. The molecule has 1 N–H and O–H groups in total. The fraction of sp³-hybridized carbons (Fsp3) is 0. The van der Waals surface area contributed by atoms with Crippen molar-refractivity contribution < 1.29 is 14.3 Å². The van der Waals surface area contributed by atoms with E-state index in [1.54, 1.807) is 41.1 Å². The van der Waals surface area contributed by atoms with Gasteiger partial charge in [-0.25, -0.2) is 14.2 Å². The number of fused-ring (bicyclic) bond motifs is 1. The highest BCUT2D eigenvalue weighted by atomic mass is 19.1. The molecule has 3 rings (SSSR count). The number of aromatic nitrogens is 2. The second-order valence-electron chi connectivity index (χ2n) is 4.06. The normalized spacial score (nSPS) is 10.8. The lowest BCUT2D eigenvalue weighted by atomic mass is 10.1. The minimum Gasteiger partial charge on any atom is -0.478 e. The van der Waals surface area contributed by atoms with Crippen LogP contribution in [0.15, 0.2) is 48.8 Å². The van der Waals surface area contributed by atoms with Crippen LogP contribution in [0.25, 0.3) is 16.7 Å². The molecular formula is C14H9FN2O2. The zero-order chi connectivity index (χ0) is 13.4. The van der Waals surface area contributed by atoms with Crippen molar-refractivity contribution >= 4 is 16.9 Å². The van der Waals surface area contributed by atoms with Gasteiger partial charge in [-0.15, -0.1) is 0 Å². The van der Waals surface area contributed by atoms with Gasteiger partial charge in [-0.05, 0) is 30.3 Å². The van der Waals surface area contributed by atoms with Crippen LogP contribution in [-0.4, -0.2) is 20.6 Å². The number of rotatable bonds is 2. The minimum absolute atomic E-state index is 0.235. The highest BCUT2D eigenvalue weighted by Crippen LogP contribution is 2.22.